The fraction of sp³-hybridized carbons (Fsp3) is 0.500. The minimum Gasteiger partial charge on any atom is -0.475 e. The van der Waals surface area contributed by atoms with E-state index in [1.807, 2.05) is 0 Å². The van der Waals surface area contributed by atoms with Crippen molar-refractivity contribution in [1.29, 1.82) is 0 Å². The lowest BCUT2D eigenvalue weighted by Gasteiger charge is -2.19. The standard InChI is InChI=1S/C10H14N2O6/c1-12(4-6(13)5-17-2)9(14)7-3-8(10(15)16)18-11-7/h3,6,13H,4-5H2,1-2H3,(H,15,16). The van der Waals surface area contributed by atoms with Crippen molar-refractivity contribution in [3.05, 3.63) is 17.5 Å². The molecule has 8 heteroatoms. The van der Waals surface area contributed by atoms with E-state index in [-0.39, 0.29) is 18.8 Å². The Hall–Kier alpha value is -1.93. The Bertz CT molecular complexity index is 430. The quantitative estimate of drug-likeness (QED) is 0.703. The van der Waals surface area contributed by atoms with Crippen LogP contribution in [0.2, 0.25) is 0 Å². The van der Waals surface area contributed by atoms with E-state index in [0.29, 0.717) is 0 Å². The summed E-state index contributed by atoms with van der Waals surface area (Å²) in [6.45, 7) is 0.138. The van der Waals surface area contributed by atoms with Crippen molar-refractivity contribution in [2.45, 2.75) is 6.10 Å². The highest BCUT2D eigenvalue weighted by molar-refractivity contribution is 5.94. The number of hydrogen-bond donors (Lipinski definition) is 2. The number of hydrogen-bond acceptors (Lipinski definition) is 6. The molecule has 0 fully saturated rings. The number of aliphatic hydroxyl groups excluding tert-OH is 1. The molecule has 18 heavy (non-hydrogen) atoms. The van der Waals surface area contributed by atoms with Crippen LogP contribution in [-0.2, 0) is 4.74 Å². The van der Waals surface area contributed by atoms with Gasteiger partial charge in [0.05, 0.1) is 12.7 Å². The summed E-state index contributed by atoms with van der Waals surface area (Å²) in [5.41, 5.74) is -0.125. The molecule has 0 aliphatic rings. The normalized spacial score (nSPS) is 12.2. The molecular weight excluding hydrogens is 244 g/mol. The lowest BCUT2D eigenvalue weighted by Crippen LogP contribution is -2.36. The number of carbonyl (C=O) groups is 2. The van der Waals surface area contributed by atoms with Crippen molar-refractivity contribution in [3.63, 3.8) is 0 Å². The van der Waals surface area contributed by atoms with Crippen molar-refractivity contribution in [2.24, 2.45) is 0 Å². The number of aromatic carboxylic acids is 1. The molecule has 0 saturated carbocycles. The van der Waals surface area contributed by atoms with Gasteiger partial charge < -0.3 is 24.4 Å². The Labute approximate surface area is 103 Å². The summed E-state index contributed by atoms with van der Waals surface area (Å²) in [5, 5.41) is 21.4. The predicted octanol–water partition coefficient (Wildman–Crippen LogP) is -0.548. The van der Waals surface area contributed by atoms with Gasteiger partial charge in [0.25, 0.3) is 5.91 Å². The smallest absolute Gasteiger partial charge is 0.374 e. The van der Waals surface area contributed by atoms with Crippen LogP contribution in [0.15, 0.2) is 10.6 Å². The molecule has 100 valence electrons. The van der Waals surface area contributed by atoms with E-state index < -0.39 is 23.7 Å². The maximum Gasteiger partial charge on any atom is 0.374 e. The second kappa shape index (κ2) is 6.12. The summed E-state index contributed by atoms with van der Waals surface area (Å²) in [6, 6.07) is 1.03. The summed E-state index contributed by atoms with van der Waals surface area (Å²) in [7, 11) is 2.89. The monoisotopic (exact) mass is 258 g/mol. The number of ether oxygens (including phenoxy) is 1. The van der Waals surface area contributed by atoms with Gasteiger partial charge in [-0.15, -0.1) is 0 Å². The van der Waals surface area contributed by atoms with E-state index in [4.69, 9.17) is 9.84 Å². The minimum absolute atomic E-state index is 0.0436. The third-order valence-corrected chi connectivity index (χ3v) is 2.13. The molecule has 0 radical (unpaired) electrons. The number of rotatable bonds is 6. The van der Waals surface area contributed by atoms with Crippen molar-refractivity contribution < 1.29 is 29.1 Å². The minimum atomic E-state index is -1.30. The number of nitrogens with zero attached hydrogens (tertiary/aromatic N) is 2. The van der Waals surface area contributed by atoms with Crippen LogP contribution < -0.4 is 0 Å². The first-order valence-corrected chi connectivity index (χ1v) is 5.08. The maximum atomic E-state index is 11.8. The van der Waals surface area contributed by atoms with Crippen LogP contribution in [0, 0.1) is 0 Å². The number of amides is 1. The third-order valence-electron chi connectivity index (χ3n) is 2.13. The summed E-state index contributed by atoms with van der Waals surface area (Å²) in [6.07, 6.45) is -0.824. The topological polar surface area (TPSA) is 113 Å². The van der Waals surface area contributed by atoms with E-state index in [9.17, 15) is 14.7 Å². The third kappa shape index (κ3) is 3.54. The number of carboxylic acid groups (broad SMARTS) is 1. The van der Waals surface area contributed by atoms with E-state index in [1.165, 1.54) is 19.1 Å². The van der Waals surface area contributed by atoms with Crippen molar-refractivity contribution >= 4 is 11.9 Å². The van der Waals surface area contributed by atoms with Gasteiger partial charge in [-0.3, -0.25) is 4.79 Å². The highest BCUT2D eigenvalue weighted by atomic mass is 16.5. The largest absolute Gasteiger partial charge is 0.475 e. The lowest BCUT2D eigenvalue weighted by atomic mass is 10.3. The molecule has 0 spiro atoms. The Balaban J connectivity index is 2.65. The molecule has 0 aromatic carbocycles. The number of aromatic nitrogens is 1. The highest BCUT2D eigenvalue weighted by Crippen LogP contribution is 2.06. The Morgan fingerprint density at radius 2 is 2.28 bits per heavy atom. The first-order chi connectivity index (χ1) is 8.45. The van der Waals surface area contributed by atoms with Gasteiger partial charge in [-0.05, 0) is 0 Å². The molecule has 1 unspecified atom stereocenters. The van der Waals surface area contributed by atoms with Gasteiger partial charge in [0.15, 0.2) is 5.69 Å². The molecule has 1 amide bonds. The highest BCUT2D eigenvalue weighted by Gasteiger charge is 2.21. The van der Waals surface area contributed by atoms with Crippen LogP contribution in [-0.4, -0.2) is 65.6 Å². The first-order valence-electron chi connectivity index (χ1n) is 5.08. The van der Waals surface area contributed by atoms with Crippen LogP contribution in [0.5, 0.6) is 0 Å². The molecule has 0 aliphatic carbocycles. The second-order valence-corrected chi connectivity index (χ2v) is 3.68. The maximum absolute atomic E-state index is 11.8. The summed E-state index contributed by atoms with van der Waals surface area (Å²) < 4.78 is 9.19. The van der Waals surface area contributed by atoms with Crippen molar-refractivity contribution in [3.8, 4) is 0 Å². The molecule has 1 aromatic heterocycles. The van der Waals surface area contributed by atoms with Crippen LogP contribution in [0.1, 0.15) is 21.0 Å². The zero-order valence-corrected chi connectivity index (χ0v) is 9.99. The van der Waals surface area contributed by atoms with Gasteiger partial charge in [0.2, 0.25) is 5.76 Å². The Kier molecular flexibility index (Phi) is 4.81. The Morgan fingerprint density at radius 3 is 2.78 bits per heavy atom. The van der Waals surface area contributed by atoms with Gasteiger partial charge in [-0.2, -0.15) is 0 Å². The van der Waals surface area contributed by atoms with E-state index in [2.05, 4.69) is 9.68 Å². The van der Waals surface area contributed by atoms with Crippen LogP contribution >= 0.6 is 0 Å². The van der Waals surface area contributed by atoms with E-state index >= 15 is 0 Å². The first kappa shape index (κ1) is 14.1. The number of aliphatic hydroxyl groups is 1. The summed E-state index contributed by atoms with van der Waals surface area (Å²) in [4.78, 5) is 23.5. The van der Waals surface area contributed by atoms with E-state index in [0.717, 1.165) is 6.07 Å². The van der Waals surface area contributed by atoms with Crippen LogP contribution in [0.3, 0.4) is 0 Å². The molecule has 1 heterocycles. The van der Waals surface area contributed by atoms with Crippen LogP contribution in [0.4, 0.5) is 0 Å². The zero-order valence-electron chi connectivity index (χ0n) is 9.99. The number of likely N-dealkylation sites (N-methyl/N-ethyl adjacent to an activating group) is 1. The molecular formula is C10H14N2O6. The number of carbonyl (C=O) groups excluding carboxylic acids is 1. The molecule has 1 aromatic rings. The molecule has 0 aliphatic heterocycles. The van der Waals surface area contributed by atoms with Gasteiger partial charge in [-0.1, -0.05) is 5.16 Å². The molecule has 0 saturated heterocycles. The molecule has 0 bridgehead atoms. The summed E-state index contributed by atoms with van der Waals surface area (Å²) in [5.74, 6) is -2.26. The molecule has 8 nitrogen and oxygen atoms in total. The SMILES string of the molecule is COCC(O)CN(C)C(=O)c1cc(C(=O)O)on1. The fourth-order valence-electron chi connectivity index (χ4n) is 1.32. The molecule has 2 N–H and O–H groups in total. The molecule has 1 atom stereocenters. The zero-order chi connectivity index (χ0) is 13.7. The van der Waals surface area contributed by atoms with Crippen molar-refractivity contribution in [1.82, 2.24) is 10.1 Å². The van der Waals surface area contributed by atoms with Gasteiger partial charge in [0.1, 0.15) is 0 Å². The fourth-order valence-corrected chi connectivity index (χ4v) is 1.32. The summed E-state index contributed by atoms with van der Waals surface area (Å²) >= 11 is 0. The predicted molar refractivity (Wildman–Crippen MR) is 58.3 cm³/mol. The second-order valence-electron chi connectivity index (χ2n) is 3.68. The van der Waals surface area contributed by atoms with E-state index in [1.54, 1.807) is 0 Å². The number of methoxy groups -OCH3 is 1. The average Bonchev–Trinajstić information content (AvgIpc) is 2.77. The average molecular weight is 258 g/mol. The van der Waals surface area contributed by atoms with Gasteiger partial charge in [-0.25, -0.2) is 4.79 Å². The van der Waals surface area contributed by atoms with Crippen molar-refractivity contribution in [2.75, 3.05) is 27.3 Å². The lowest BCUT2D eigenvalue weighted by molar-refractivity contribution is 0.0376. The van der Waals surface area contributed by atoms with Gasteiger partial charge >= 0.3 is 5.97 Å². The van der Waals surface area contributed by atoms with Crippen LogP contribution in [0.25, 0.3) is 0 Å². The number of carboxylic acids is 1. The molecule has 1 rings (SSSR count). The van der Waals surface area contributed by atoms with Gasteiger partial charge in [0, 0.05) is 26.8 Å². The Morgan fingerprint density at radius 1 is 1.61 bits per heavy atom.